The molecule has 1 heterocycles. The van der Waals surface area contributed by atoms with E-state index in [1.807, 2.05) is 0 Å². The number of aryl methyl sites for hydroxylation is 1. The Bertz CT molecular complexity index is 1230. The van der Waals surface area contributed by atoms with Gasteiger partial charge in [-0.25, -0.2) is 4.79 Å². The maximum Gasteiger partial charge on any atom is 0.350 e. The molecule has 1 aromatic heterocycles. The maximum absolute atomic E-state index is 12.4. The molecule has 2 aromatic carbocycles. The van der Waals surface area contributed by atoms with Gasteiger partial charge in [-0.2, -0.15) is 0 Å². The Morgan fingerprint density at radius 3 is 2.55 bits per heavy atom. The summed E-state index contributed by atoms with van der Waals surface area (Å²) in [5.74, 6) is -1.47. The van der Waals surface area contributed by atoms with Crippen LogP contribution in [0.15, 0.2) is 24.3 Å². The first-order valence-corrected chi connectivity index (χ1v) is 10.4. The van der Waals surface area contributed by atoms with E-state index in [-0.39, 0.29) is 27.0 Å². The summed E-state index contributed by atoms with van der Waals surface area (Å²) in [7, 11) is 1.28. The zero-order valence-electron chi connectivity index (χ0n) is 16.0. The van der Waals surface area contributed by atoms with Gasteiger partial charge in [0.1, 0.15) is 4.88 Å². The number of rotatable bonds is 6. The molecule has 12 heteroatoms. The molecule has 162 valence electrons. The molecule has 31 heavy (non-hydrogen) atoms. The second-order valence-corrected chi connectivity index (χ2v) is 8.50. The summed E-state index contributed by atoms with van der Waals surface area (Å²) in [6, 6.07) is 5.72. The summed E-state index contributed by atoms with van der Waals surface area (Å²) in [4.78, 5) is 35.2. The zero-order valence-corrected chi connectivity index (χ0v) is 19.0. The Morgan fingerprint density at radius 2 is 1.90 bits per heavy atom. The highest BCUT2D eigenvalue weighted by atomic mass is 35.5. The van der Waals surface area contributed by atoms with Crippen LogP contribution in [0.3, 0.4) is 0 Å². The molecule has 0 fully saturated rings. The highest BCUT2D eigenvalue weighted by Crippen LogP contribution is 2.41. The van der Waals surface area contributed by atoms with Crippen LogP contribution in [0, 0.1) is 17.0 Å². The van der Waals surface area contributed by atoms with Crippen molar-refractivity contribution in [1.29, 1.82) is 0 Å². The fraction of sp³-hybridized carbons (Fsp3) is 0.158. The van der Waals surface area contributed by atoms with Crippen LogP contribution in [0.5, 0.6) is 5.75 Å². The number of nitro benzene ring substituents is 1. The molecule has 0 atom stereocenters. The summed E-state index contributed by atoms with van der Waals surface area (Å²) in [5.41, 5.74) is 0.485. The van der Waals surface area contributed by atoms with E-state index in [4.69, 9.17) is 44.3 Å². The number of anilines is 1. The smallest absolute Gasteiger partial charge is 0.350 e. The number of halogens is 3. The molecule has 0 bridgehead atoms. The number of nitrogens with one attached hydrogen (secondary N) is 1. The van der Waals surface area contributed by atoms with E-state index >= 15 is 0 Å². The third kappa shape index (κ3) is 4.85. The lowest BCUT2D eigenvalue weighted by Crippen LogP contribution is -2.21. The Labute approximate surface area is 194 Å². The molecule has 0 saturated carbocycles. The van der Waals surface area contributed by atoms with Crippen LogP contribution in [0.25, 0.3) is 10.1 Å². The topological polar surface area (TPSA) is 108 Å². The van der Waals surface area contributed by atoms with Crippen molar-refractivity contribution in [2.45, 2.75) is 6.92 Å². The van der Waals surface area contributed by atoms with Crippen molar-refractivity contribution in [3.63, 3.8) is 0 Å². The lowest BCUT2D eigenvalue weighted by atomic mass is 10.1. The molecule has 0 spiro atoms. The number of carbonyl (C=O) groups excluding carboxylic acids is 2. The summed E-state index contributed by atoms with van der Waals surface area (Å²) >= 11 is 19.4. The van der Waals surface area contributed by atoms with Gasteiger partial charge in [0.2, 0.25) is 0 Å². The minimum atomic E-state index is -0.799. The van der Waals surface area contributed by atoms with E-state index in [0.717, 1.165) is 11.3 Å². The van der Waals surface area contributed by atoms with Gasteiger partial charge in [-0.05, 0) is 24.6 Å². The van der Waals surface area contributed by atoms with Crippen LogP contribution < -0.4 is 10.1 Å². The summed E-state index contributed by atoms with van der Waals surface area (Å²) in [6.45, 7) is 0.983. The van der Waals surface area contributed by atoms with Gasteiger partial charge in [0.05, 0.1) is 22.1 Å². The maximum atomic E-state index is 12.4. The predicted molar refractivity (Wildman–Crippen MR) is 120 cm³/mol. The normalized spacial score (nSPS) is 10.7. The average Bonchev–Trinajstić information content (AvgIpc) is 3.03. The van der Waals surface area contributed by atoms with Crippen molar-refractivity contribution in [3.8, 4) is 5.75 Å². The molecule has 0 aliphatic carbocycles. The van der Waals surface area contributed by atoms with Crippen molar-refractivity contribution in [1.82, 2.24) is 0 Å². The molecular weight excluding hydrogens is 491 g/mol. The first kappa shape index (κ1) is 23.1. The highest BCUT2D eigenvalue weighted by Gasteiger charge is 2.22. The van der Waals surface area contributed by atoms with Crippen molar-refractivity contribution < 1.29 is 24.0 Å². The van der Waals surface area contributed by atoms with Crippen LogP contribution in [-0.4, -0.2) is 30.5 Å². The fourth-order valence-electron chi connectivity index (χ4n) is 2.74. The van der Waals surface area contributed by atoms with Crippen molar-refractivity contribution >= 4 is 79.5 Å². The van der Waals surface area contributed by atoms with E-state index in [9.17, 15) is 19.7 Å². The van der Waals surface area contributed by atoms with Crippen LogP contribution in [0.2, 0.25) is 15.1 Å². The van der Waals surface area contributed by atoms with E-state index in [2.05, 4.69) is 5.32 Å². The number of amides is 1. The molecule has 1 amide bonds. The van der Waals surface area contributed by atoms with Crippen molar-refractivity contribution in [2.75, 3.05) is 19.0 Å². The number of methoxy groups -OCH3 is 1. The number of ether oxygens (including phenoxy) is 2. The van der Waals surface area contributed by atoms with Crippen LogP contribution in [0.1, 0.15) is 15.2 Å². The van der Waals surface area contributed by atoms with E-state index in [0.29, 0.717) is 25.7 Å². The Balaban J connectivity index is 1.72. The third-order valence-electron chi connectivity index (χ3n) is 4.17. The molecule has 0 saturated heterocycles. The first-order chi connectivity index (χ1) is 14.6. The van der Waals surface area contributed by atoms with Gasteiger partial charge >= 0.3 is 11.7 Å². The largest absolute Gasteiger partial charge is 0.490 e. The monoisotopic (exact) mass is 502 g/mol. The molecule has 0 aliphatic heterocycles. The number of thiophene rings is 1. The number of nitrogens with zero attached hydrogens (tertiary/aromatic N) is 1. The number of benzene rings is 2. The van der Waals surface area contributed by atoms with Gasteiger partial charge in [-0.1, -0.05) is 34.8 Å². The number of carbonyl (C=O) groups is 2. The van der Waals surface area contributed by atoms with Gasteiger partial charge in [0, 0.05) is 32.9 Å². The quantitative estimate of drug-likeness (QED) is 0.255. The van der Waals surface area contributed by atoms with Gasteiger partial charge < -0.3 is 14.8 Å². The van der Waals surface area contributed by atoms with Crippen molar-refractivity contribution in [2.24, 2.45) is 0 Å². The van der Waals surface area contributed by atoms with Gasteiger partial charge in [-0.15, -0.1) is 11.3 Å². The summed E-state index contributed by atoms with van der Waals surface area (Å²) < 4.78 is 10.7. The van der Waals surface area contributed by atoms with E-state index in [1.54, 1.807) is 13.0 Å². The van der Waals surface area contributed by atoms with Crippen LogP contribution in [0.4, 0.5) is 11.4 Å². The number of nitro groups is 1. The molecular formula is C19H13Cl3N2O6S. The second-order valence-electron chi connectivity index (χ2n) is 6.23. The predicted octanol–water partition coefficient (Wildman–Crippen LogP) is 5.88. The van der Waals surface area contributed by atoms with Gasteiger partial charge in [-0.3, -0.25) is 14.9 Å². The van der Waals surface area contributed by atoms with E-state index < -0.39 is 23.4 Å². The Hall–Kier alpha value is -2.59. The third-order valence-corrected chi connectivity index (χ3v) is 6.29. The van der Waals surface area contributed by atoms with Crippen molar-refractivity contribution in [3.05, 3.63) is 59.9 Å². The van der Waals surface area contributed by atoms with E-state index in [1.165, 1.54) is 25.3 Å². The molecule has 0 unspecified atom stereocenters. The summed E-state index contributed by atoms with van der Waals surface area (Å²) in [6.07, 6.45) is 0. The van der Waals surface area contributed by atoms with Crippen LogP contribution in [-0.2, 0) is 9.53 Å². The molecule has 1 N–H and O–H groups in total. The lowest BCUT2D eigenvalue weighted by molar-refractivity contribution is -0.385. The number of esters is 1. The highest BCUT2D eigenvalue weighted by molar-refractivity contribution is 7.21. The Kier molecular flexibility index (Phi) is 6.90. The average molecular weight is 504 g/mol. The summed E-state index contributed by atoms with van der Waals surface area (Å²) in [5, 5.41) is 14.9. The standard InChI is InChI=1S/C19H13Cl3N2O6S/c1-8-3-12(24(27)28)13(29-2)6-11(8)23-15(25)7-30-19(26)18-17(22)16-10(21)4-9(20)5-14(16)31-18/h3-6H,7H2,1-2H3,(H,23,25). The molecule has 3 aromatic rings. The minimum Gasteiger partial charge on any atom is -0.490 e. The number of hydrogen-bond donors (Lipinski definition) is 1. The Morgan fingerprint density at radius 1 is 1.19 bits per heavy atom. The zero-order chi connectivity index (χ0) is 22.9. The second kappa shape index (κ2) is 9.27. The van der Waals surface area contributed by atoms with Gasteiger partial charge in [0.25, 0.3) is 5.91 Å². The van der Waals surface area contributed by atoms with Crippen LogP contribution >= 0.6 is 46.1 Å². The molecule has 0 aliphatic rings. The van der Waals surface area contributed by atoms with Gasteiger partial charge in [0.15, 0.2) is 12.4 Å². The first-order valence-electron chi connectivity index (χ1n) is 8.49. The SMILES string of the molecule is COc1cc(NC(=O)COC(=O)c2sc3cc(Cl)cc(Cl)c3c2Cl)c(C)cc1[N+](=O)[O-]. The molecule has 3 rings (SSSR count). The lowest BCUT2D eigenvalue weighted by Gasteiger charge is -2.11. The molecule has 8 nitrogen and oxygen atoms in total. The number of hydrogen-bond acceptors (Lipinski definition) is 7. The minimum absolute atomic E-state index is 0.0181. The number of fused-ring (bicyclic) bond motifs is 1. The fourth-order valence-corrected chi connectivity index (χ4v) is 5.00. The molecule has 0 radical (unpaired) electrons.